The van der Waals surface area contributed by atoms with Gasteiger partial charge in [-0.3, -0.25) is 4.79 Å². The van der Waals surface area contributed by atoms with Crippen LogP contribution in [0.5, 0.6) is 5.75 Å². The molecule has 1 saturated heterocycles. The van der Waals surface area contributed by atoms with E-state index < -0.39 is 6.10 Å². The molecule has 118 valence electrons. The van der Waals surface area contributed by atoms with Crippen molar-refractivity contribution in [1.29, 1.82) is 0 Å². The predicted molar refractivity (Wildman–Crippen MR) is 84.0 cm³/mol. The molecule has 0 N–H and O–H groups in total. The normalized spacial score (nSPS) is 24.6. The highest BCUT2D eigenvalue weighted by molar-refractivity contribution is 6.05. The monoisotopic (exact) mass is 302 g/mol. The highest BCUT2D eigenvalue weighted by Crippen LogP contribution is 2.26. The van der Waals surface area contributed by atoms with Crippen molar-refractivity contribution in [2.24, 2.45) is 5.16 Å². The fourth-order valence-corrected chi connectivity index (χ4v) is 3.16. The number of para-hydroxylation sites is 1. The number of benzene rings is 1. The minimum atomic E-state index is -0.500. The van der Waals surface area contributed by atoms with Crippen molar-refractivity contribution < 1.29 is 14.4 Å². The predicted octanol–water partition coefficient (Wildman–Crippen LogP) is 2.59. The summed E-state index contributed by atoms with van der Waals surface area (Å²) in [5.74, 6) is 0.810. The number of nitrogens with zero attached hydrogens (tertiary/aromatic N) is 2. The molecule has 5 heteroatoms. The van der Waals surface area contributed by atoms with E-state index in [0.29, 0.717) is 12.5 Å². The van der Waals surface area contributed by atoms with Crippen LogP contribution in [-0.2, 0) is 9.63 Å². The molecule has 1 amide bonds. The highest BCUT2D eigenvalue weighted by Gasteiger charge is 2.35. The van der Waals surface area contributed by atoms with Gasteiger partial charge in [-0.1, -0.05) is 17.3 Å². The third kappa shape index (κ3) is 2.80. The van der Waals surface area contributed by atoms with Gasteiger partial charge in [0.05, 0.1) is 12.8 Å². The number of piperidine rings is 1. The number of amides is 1. The zero-order valence-corrected chi connectivity index (χ0v) is 13.1. The first-order valence-corrected chi connectivity index (χ1v) is 7.87. The van der Waals surface area contributed by atoms with Crippen molar-refractivity contribution in [3.05, 3.63) is 29.8 Å². The van der Waals surface area contributed by atoms with Crippen LogP contribution in [-0.4, -0.2) is 42.3 Å². The molecule has 0 bridgehead atoms. The van der Waals surface area contributed by atoms with Crippen molar-refractivity contribution in [2.45, 2.75) is 44.8 Å². The number of likely N-dealkylation sites (tertiary alicyclic amines) is 1. The Morgan fingerprint density at radius 3 is 2.95 bits per heavy atom. The van der Waals surface area contributed by atoms with Gasteiger partial charge in [0.25, 0.3) is 5.91 Å². The first-order chi connectivity index (χ1) is 10.7. The lowest BCUT2D eigenvalue weighted by molar-refractivity contribution is -0.145. The Labute approximate surface area is 130 Å². The molecule has 2 heterocycles. The fourth-order valence-electron chi connectivity index (χ4n) is 3.16. The van der Waals surface area contributed by atoms with Crippen molar-refractivity contribution in [1.82, 2.24) is 4.90 Å². The summed E-state index contributed by atoms with van der Waals surface area (Å²) >= 11 is 0. The lowest BCUT2D eigenvalue weighted by Crippen LogP contribution is -2.47. The Morgan fingerprint density at radius 1 is 1.36 bits per heavy atom. The van der Waals surface area contributed by atoms with E-state index in [4.69, 9.17) is 9.57 Å². The quantitative estimate of drug-likeness (QED) is 0.862. The number of oxime groups is 1. The van der Waals surface area contributed by atoms with Gasteiger partial charge in [0.15, 0.2) is 0 Å². The Kier molecular flexibility index (Phi) is 4.32. The molecule has 22 heavy (non-hydrogen) atoms. The van der Waals surface area contributed by atoms with Gasteiger partial charge >= 0.3 is 0 Å². The average Bonchev–Trinajstić information content (AvgIpc) is 3.04. The number of carbonyl (C=O) groups excluding carboxylic acids is 1. The summed E-state index contributed by atoms with van der Waals surface area (Å²) in [4.78, 5) is 20.0. The van der Waals surface area contributed by atoms with E-state index in [1.807, 2.05) is 29.2 Å². The van der Waals surface area contributed by atoms with Crippen LogP contribution in [0, 0.1) is 0 Å². The van der Waals surface area contributed by atoms with Crippen LogP contribution in [0.15, 0.2) is 29.4 Å². The minimum absolute atomic E-state index is 0.0563. The second kappa shape index (κ2) is 6.38. The molecule has 0 saturated carbocycles. The Bertz CT molecular complexity index is 585. The minimum Gasteiger partial charge on any atom is -0.496 e. The molecule has 1 fully saturated rings. The molecule has 3 rings (SSSR count). The van der Waals surface area contributed by atoms with Crippen LogP contribution >= 0.6 is 0 Å². The summed E-state index contributed by atoms with van der Waals surface area (Å²) in [5, 5.41) is 4.13. The van der Waals surface area contributed by atoms with E-state index in [1.165, 1.54) is 6.42 Å². The van der Waals surface area contributed by atoms with E-state index in [9.17, 15) is 4.79 Å². The van der Waals surface area contributed by atoms with Gasteiger partial charge in [-0.05, 0) is 38.3 Å². The lowest BCUT2D eigenvalue weighted by Gasteiger charge is -2.34. The number of rotatable bonds is 3. The average molecular weight is 302 g/mol. The molecule has 1 aromatic carbocycles. The second-order valence-electron chi connectivity index (χ2n) is 5.91. The van der Waals surface area contributed by atoms with Crippen LogP contribution in [0.4, 0.5) is 0 Å². The maximum atomic E-state index is 12.6. The SMILES string of the molecule is COc1ccccc1C1=NOC(C(=O)N2CCCCC2C)C1. The van der Waals surface area contributed by atoms with Gasteiger partial charge in [0.1, 0.15) is 5.75 Å². The Hall–Kier alpha value is -2.04. The number of carbonyl (C=O) groups is 1. The first kappa shape index (κ1) is 14.9. The van der Waals surface area contributed by atoms with Crippen LogP contribution in [0.25, 0.3) is 0 Å². The molecular weight excluding hydrogens is 280 g/mol. The molecule has 2 aliphatic rings. The molecule has 0 spiro atoms. The molecular formula is C17H22N2O3. The summed E-state index contributed by atoms with van der Waals surface area (Å²) in [5.41, 5.74) is 1.67. The molecule has 0 radical (unpaired) electrons. The van der Waals surface area contributed by atoms with Crippen molar-refractivity contribution in [3.63, 3.8) is 0 Å². The van der Waals surface area contributed by atoms with Gasteiger partial charge in [-0.2, -0.15) is 0 Å². The summed E-state index contributed by atoms with van der Waals surface area (Å²) in [6.45, 7) is 2.93. The van der Waals surface area contributed by atoms with E-state index in [-0.39, 0.29) is 5.91 Å². The van der Waals surface area contributed by atoms with Crippen molar-refractivity contribution in [2.75, 3.05) is 13.7 Å². The molecule has 0 aliphatic carbocycles. The summed E-state index contributed by atoms with van der Waals surface area (Å²) in [7, 11) is 1.63. The van der Waals surface area contributed by atoms with Crippen molar-refractivity contribution >= 4 is 11.6 Å². The Morgan fingerprint density at radius 2 is 2.18 bits per heavy atom. The largest absolute Gasteiger partial charge is 0.496 e. The van der Waals surface area contributed by atoms with Crippen LogP contribution in [0.2, 0.25) is 0 Å². The standard InChI is InChI=1S/C17H22N2O3/c1-12-7-5-6-10-19(12)17(20)16-11-14(18-22-16)13-8-3-4-9-15(13)21-2/h3-4,8-9,12,16H,5-7,10-11H2,1-2H3. The van der Waals surface area contributed by atoms with E-state index >= 15 is 0 Å². The smallest absolute Gasteiger partial charge is 0.267 e. The van der Waals surface area contributed by atoms with E-state index in [0.717, 1.165) is 36.4 Å². The maximum Gasteiger partial charge on any atom is 0.267 e. The Balaban J connectivity index is 1.70. The van der Waals surface area contributed by atoms with Gasteiger partial charge < -0.3 is 14.5 Å². The highest BCUT2D eigenvalue weighted by atomic mass is 16.6. The maximum absolute atomic E-state index is 12.6. The zero-order valence-electron chi connectivity index (χ0n) is 13.1. The van der Waals surface area contributed by atoms with E-state index in [2.05, 4.69) is 12.1 Å². The molecule has 0 aromatic heterocycles. The van der Waals surface area contributed by atoms with Gasteiger partial charge in [-0.15, -0.1) is 0 Å². The molecule has 2 atom stereocenters. The number of ether oxygens (including phenoxy) is 1. The second-order valence-corrected chi connectivity index (χ2v) is 5.91. The number of hydrogen-bond donors (Lipinski definition) is 0. The zero-order chi connectivity index (χ0) is 15.5. The van der Waals surface area contributed by atoms with E-state index in [1.54, 1.807) is 7.11 Å². The molecule has 2 aliphatic heterocycles. The summed E-state index contributed by atoms with van der Waals surface area (Å²) < 4.78 is 5.36. The molecule has 2 unspecified atom stereocenters. The van der Waals surface area contributed by atoms with Gasteiger partial charge in [-0.25, -0.2) is 0 Å². The fraction of sp³-hybridized carbons (Fsp3) is 0.529. The van der Waals surface area contributed by atoms with Crippen LogP contribution in [0.1, 0.15) is 38.2 Å². The summed E-state index contributed by atoms with van der Waals surface area (Å²) in [6.07, 6.45) is 3.34. The topological polar surface area (TPSA) is 51.1 Å². The van der Waals surface area contributed by atoms with Gasteiger partial charge in [0, 0.05) is 24.6 Å². The number of methoxy groups -OCH3 is 1. The lowest BCUT2D eigenvalue weighted by atomic mass is 10.00. The third-order valence-electron chi connectivity index (χ3n) is 4.45. The van der Waals surface area contributed by atoms with Gasteiger partial charge in [0.2, 0.25) is 6.10 Å². The first-order valence-electron chi connectivity index (χ1n) is 7.87. The van der Waals surface area contributed by atoms with Crippen LogP contribution in [0.3, 0.4) is 0 Å². The third-order valence-corrected chi connectivity index (χ3v) is 4.45. The van der Waals surface area contributed by atoms with Crippen molar-refractivity contribution in [3.8, 4) is 5.75 Å². The molecule has 5 nitrogen and oxygen atoms in total. The van der Waals surface area contributed by atoms with Crippen LogP contribution < -0.4 is 4.74 Å². The number of hydrogen-bond acceptors (Lipinski definition) is 4. The summed E-state index contributed by atoms with van der Waals surface area (Å²) in [6, 6.07) is 7.97. The molecule has 1 aromatic rings.